The molecule has 0 saturated heterocycles. The molecule has 132 valence electrons. The molecule has 1 heterocycles. The number of amides is 1. The summed E-state index contributed by atoms with van der Waals surface area (Å²) in [4.78, 5) is 16.8. The van der Waals surface area contributed by atoms with Crippen LogP contribution >= 0.6 is 0 Å². The SMILES string of the molecule is Cc1ccccc1Oc1cccc(NC(=O)c2cc(C)c(C)nc2N)c1. The van der Waals surface area contributed by atoms with Gasteiger partial charge in [-0.1, -0.05) is 24.3 Å². The van der Waals surface area contributed by atoms with Crippen LogP contribution in [0.2, 0.25) is 0 Å². The van der Waals surface area contributed by atoms with Crippen LogP contribution in [0.15, 0.2) is 54.6 Å². The molecule has 5 nitrogen and oxygen atoms in total. The Hall–Kier alpha value is -3.34. The maximum atomic E-state index is 12.6. The van der Waals surface area contributed by atoms with Gasteiger partial charge < -0.3 is 15.8 Å². The van der Waals surface area contributed by atoms with Crippen molar-refractivity contribution in [3.8, 4) is 11.5 Å². The Morgan fingerprint density at radius 3 is 2.54 bits per heavy atom. The molecule has 0 aliphatic heterocycles. The van der Waals surface area contributed by atoms with Gasteiger partial charge in [-0.2, -0.15) is 0 Å². The summed E-state index contributed by atoms with van der Waals surface area (Å²) in [5.41, 5.74) is 9.65. The predicted molar refractivity (Wildman–Crippen MR) is 104 cm³/mol. The van der Waals surface area contributed by atoms with Crippen molar-refractivity contribution in [3.05, 3.63) is 77.0 Å². The van der Waals surface area contributed by atoms with Gasteiger partial charge in [0.05, 0.1) is 5.56 Å². The number of nitrogens with two attached hydrogens (primary N) is 1. The maximum Gasteiger partial charge on any atom is 0.259 e. The molecule has 0 atom stereocenters. The Bertz CT molecular complexity index is 967. The average Bonchev–Trinajstić information content (AvgIpc) is 2.60. The summed E-state index contributed by atoms with van der Waals surface area (Å²) in [6.45, 7) is 5.74. The summed E-state index contributed by atoms with van der Waals surface area (Å²) in [5, 5.41) is 2.85. The fourth-order valence-electron chi connectivity index (χ4n) is 2.54. The molecule has 3 N–H and O–H groups in total. The smallest absolute Gasteiger partial charge is 0.259 e. The van der Waals surface area contributed by atoms with Gasteiger partial charge in [-0.25, -0.2) is 4.98 Å². The number of anilines is 2. The van der Waals surface area contributed by atoms with Crippen LogP contribution < -0.4 is 15.8 Å². The van der Waals surface area contributed by atoms with Gasteiger partial charge in [-0.05, 0) is 56.2 Å². The highest BCUT2D eigenvalue weighted by Crippen LogP contribution is 2.27. The minimum absolute atomic E-state index is 0.220. The lowest BCUT2D eigenvalue weighted by Crippen LogP contribution is -2.15. The van der Waals surface area contributed by atoms with Gasteiger partial charge in [0.1, 0.15) is 17.3 Å². The molecule has 0 aliphatic carbocycles. The molecule has 2 aromatic carbocycles. The summed E-state index contributed by atoms with van der Waals surface area (Å²) in [7, 11) is 0. The van der Waals surface area contributed by atoms with Gasteiger partial charge >= 0.3 is 0 Å². The number of nitrogen functional groups attached to an aromatic ring is 1. The summed E-state index contributed by atoms with van der Waals surface area (Å²) in [6, 6.07) is 16.8. The number of hydrogen-bond acceptors (Lipinski definition) is 4. The zero-order valence-electron chi connectivity index (χ0n) is 15.0. The Kier molecular flexibility index (Phi) is 4.89. The van der Waals surface area contributed by atoms with Crippen molar-refractivity contribution in [1.29, 1.82) is 0 Å². The number of carbonyl (C=O) groups is 1. The molecule has 3 aromatic rings. The fraction of sp³-hybridized carbons (Fsp3) is 0.143. The van der Waals surface area contributed by atoms with E-state index in [4.69, 9.17) is 10.5 Å². The monoisotopic (exact) mass is 347 g/mol. The number of aromatic nitrogens is 1. The van der Waals surface area contributed by atoms with E-state index < -0.39 is 0 Å². The van der Waals surface area contributed by atoms with Crippen molar-refractivity contribution >= 4 is 17.4 Å². The maximum absolute atomic E-state index is 12.6. The number of carbonyl (C=O) groups excluding carboxylic acids is 1. The van der Waals surface area contributed by atoms with Crippen LogP contribution in [0.5, 0.6) is 11.5 Å². The fourth-order valence-corrected chi connectivity index (χ4v) is 2.54. The van der Waals surface area contributed by atoms with E-state index in [0.29, 0.717) is 17.0 Å². The van der Waals surface area contributed by atoms with E-state index in [-0.39, 0.29) is 11.7 Å². The lowest BCUT2D eigenvalue weighted by atomic mass is 10.1. The number of para-hydroxylation sites is 1. The zero-order chi connectivity index (χ0) is 18.7. The van der Waals surface area contributed by atoms with E-state index in [1.807, 2.05) is 57.2 Å². The summed E-state index contributed by atoms with van der Waals surface area (Å²) < 4.78 is 5.91. The van der Waals surface area contributed by atoms with Crippen LogP contribution in [-0.4, -0.2) is 10.9 Å². The van der Waals surface area contributed by atoms with Gasteiger partial charge in [-0.15, -0.1) is 0 Å². The summed E-state index contributed by atoms with van der Waals surface area (Å²) in [6.07, 6.45) is 0. The molecule has 0 aliphatic rings. The second kappa shape index (κ2) is 7.27. The van der Waals surface area contributed by atoms with E-state index in [1.54, 1.807) is 18.2 Å². The molecule has 0 radical (unpaired) electrons. The molecule has 0 spiro atoms. The first-order chi connectivity index (χ1) is 12.4. The average molecular weight is 347 g/mol. The lowest BCUT2D eigenvalue weighted by molar-refractivity contribution is 0.102. The summed E-state index contributed by atoms with van der Waals surface area (Å²) in [5.74, 6) is 1.34. The van der Waals surface area contributed by atoms with Crippen molar-refractivity contribution in [1.82, 2.24) is 4.98 Å². The van der Waals surface area contributed by atoms with Gasteiger partial charge in [0.2, 0.25) is 0 Å². The molecule has 0 unspecified atom stereocenters. The normalized spacial score (nSPS) is 10.4. The van der Waals surface area contributed by atoms with Crippen LogP contribution in [0, 0.1) is 20.8 Å². The van der Waals surface area contributed by atoms with E-state index in [2.05, 4.69) is 10.3 Å². The third-order valence-electron chi connectivity index (χ3n) is 4.15. The Balaban J connectivity index is 1.80. The van der Waals surface area contributed by atoms with Gasteiger partial charge in [-0.3, -0.25) is 4.79 Å². The molecular formula is C21H21N3O2. The van der Waals surface area contributed by atoms with Gasteiger partial charge in [0.15, 0.2) is 0 Å². The molecule has 5 heteroatoms. The Morgan fingerprint density at radius 2 is 1.77 bits per heavy atom. The summed E-state index contributed by atoms with van der Waals surface area (Å²) >= 11 is 0. The van der Waals surface area contributed by atoms with Crippen LogP contribution in [0.1, 0.15) is 27.2 Å². The largest absolute Gasteiger partial charge is 0.457 e. The first-order valence-electron chi connectivity index (χ1n) is 8.32. The number of ether oxygens (including phenoxy) is 1. The zero-order valence-corrected chi connectivity index (χ0v) is 15.0. The Morgan fingerprint density at radius 1 is 1.00 bits per heavy atom. The molecular weight excluding hydrogens is 326 g/mol. The molecule has 26 heavy (non-hydrogen) atoms. The van der Waals surface area contributed by atoms with Crippen molar-refractivity contribution in [3.63, 3.8) is 0 Å². The van der Waals surface area contributed by atoms with Crippen molar-refractivity contribution in [2.75, 3.05) is 11.1 Å². The quantitative estimate of drug-likeness (QED) is 0.721. The molecule has 0 fully saturated rings. The van der Waals surface area contributed by atoms with Gasteiger partial charge in [0.25, 0.3) is 5.91 Å². The molecule has 0 saturated carbocycles. The lowest BCUT2D eigenvalue weighted by Gasteiger charge is -2.12. The molecule has 1 aromatic heterocycles. The Labute approximate surface area is 152 Å². The number of benzene rings is 2. The van der Waals surface area contributed by atoms with E-state index in [0.717, 1.165) is 22.6 Å². The first kappa shape index (κ1) is 17.5. The minimum atomic E-state index is -0.300. The molecule has 3 rings (SSSR count). The standard InChI is InChI=1S/C21H21N3O2/c1-13-7-4-5-10-19(13)26-17-9-6-8-16(12-17)24-21(25)18-11-14(2)15(3)23-20(18)22/h4-12H,1-3H3,(H2,22,23)(H,24,25). The number of aryl methyl sites for hydroxylation is 3. The number of nitrogens with one attached hydrogen (secondary N) is 1. The predicted octanol–water partition coefficient (Wildman–Crippen LogP) is 4.63. The second-order valence-corrected chi connectivity index (χ2v) is 6.17. The van der Waals surface area contributed by atoms with Crippen LogP contribution in [0.25, 0.3) is 0 Å². The van der Waals surface area contributed by atoms with E-state index in [9.17, 15) is 4.79 Å². The number of pyridine rings is 1. The second-order valence-electron chi connectivity index (χ2n) is 6.17. The number of rotatable bonds is 4. The minimum Gasteiger partial charge on any atom is -0.457 e. The van der Waals surface area contributed by atoms with Crippen LogP contribution in [-0.2, 0) is 0 Å². The highest BCUT2D eigenvalue weighted by atomic mass is 16.5. The number of nitrogens with zero attached hydrogens (tertiary/aromatic N) is 1. The van der Waals surface area contributed by atoms with Crippen molar-refractivity contribution in [2.24, 2.45) is 0 Å². The number of hydrogen-bond donors (Lipinski definition) is 2. The first-order valence-corrected chi connectivity index (χ1v) is 8.32. The van der Waals surface area contributed by atoms with Crippen molar-refractivity contribution < 1.29 is 9.53 Å². The molecule has 1 amide bonds. The van der Waals surface area contributed by atoms with Crippen LogP contribution in [0.3, 0.4) is 0 Å². The van der Waals surface area contributed by atoms with Crippen LogP contribution in [0.4, 0.5) is 11.5 Å². The molecule has 0 bridgehead atoms. The highest BCUT2D eigenvalue weighted by molar-refractivity contribution is 6.07. The van der Waals surface area contributed by atoms with Gasteiger partial charge in [0, 0.05) is 17.4 Å². The third-order valence-corrected chi connectivity index (χ3v) is 4.15. The van der Waals surface area contributed by atoms with E-state index >= 15 is 0 Å². The third kappa shape index (κ3) is 3.83. The topological polar surface area (TPSA) is 77.2 Å². The van der Waals surface area contributed by atoms with Crippen molar-refractivity contribution in [2.45, 2.75) is 20.8 Å². The van der Waals surface area contributed by atoms with E-state index in [1.165, 1.54) is 0 Å². The highest BCUT2D eigenvalue weighted by Gasteiger charge is 2.13.